The summed E-state index contributed by atoms with van der Waals surface area (Å²) in [6.45, 7) is 0.344. The number of nitrogens with one attached hydrogen (secondary N) is 2. The molecule has 0 amide bonds. The molecule has 1 heterocycles. The minimum Gasteiger partial charge on any atom is -0.433 e. The highest BCUT2D eigenvalue weighted by Crippen LogP contribution is 2.25. The van der Waals surface area contributed by atoms with E-state index in [0.29, 0.717) is 17.3 Å². The molecule has 1 aromatic carbocycles. The molecule has 0 radical (unpaired) electrons. The topological polar surface area (TPSA) is 51.1 Å². The Balaban J connectivity index is 1.91. The van der Waals surface area contributed by atoms with Gasteiger partial charge in [0.1, 0.15) is 5.75 Å². The Kier molecular flexibility index (Phi) is 5.65. The number of rotatable bonds is 6. The molecule has 0 bridgehead atoms. The molecule has 0 atom stereocenters. The highest BCUT2D eigenvalue weighted by molar-refractivity contribution is 7.80. The van der Waals surface area contributed by atoms with Crippen LogP contribution in [0.1, 0.15) is 12.6 Å². The molecule has 2 rings (SSSR count). The highest BCUT2D eigenvalue weighted by atomic mass is 32.1. The molecule has 8 heteroatoms. The number of alkyl halides is 2. The van der Waals surface area contributed by atoms with Crippen molar-refractivity contribution in [3.8, 4) is 5.75 Å². The molecule has 0 aliphatic carbocycles. The summed E-state index contributed by atoms with van der Waals surface area (Å²) >= 11 is 5.14. The van der Waals surface area contributed by atoms with E-state index in [0.717, 1.165) is 12.2 Å². The predicted octanol–water partition coefficient (Wildman–Crippen LogP) is 2.99. The fourth-order valence-corrected chi connectivity index (χ4v) is 1.96. The fraction of sp³-hybridized carbons (Fsp3) is 0.286. The van der Waals surface area contributed by atoms with Crippen molar-refractivity contribution >= 4 is 23.0 Å². The molecule has 2 aromatic rings. The maximum Gasteiger partial charge on any atom is 0.387 e. The van der Waals surface area contributed by atoms with E-state index >= 15 is 0 Å². The van der Waals surface area contributed by atoms with E-state index in [1.807, 2.05) is 19.2 Å². The molecule has 0 saturated carbocycles. The molecular weight excluding hydrogens is 310 g/mol. The molecule has 5 nitrogen and oxygen atoms in total. The van der Waals surface area contributed by atoms with E-state index in [1.54, 1.807) is 22.9 Å². The molecule has 0 unspecified atom stereocenters. The number of para-hydroxylation sites is 2. The third kappa shape index (κ3) is 4.66. The summed E-state index contributed by atoms with van der Waals surface area (Å²) in [7, 11) is 0. The van der Waals surface area contributed by atoms with Gasteiger partial charge in [-0.25, -0.2) is 0 Å². The van der Waals surface area contributed by atoms with Gasteiger partial charge in [-0.15, -0.1) is 0 Å². The van der Waals surface area contributed by atoms with Gasteiger partial charge in [0, 0.05) is 12.7 Å². The number of anilines is 1. The highest BCUT2D eigenvalue weighted by Gasteiger charge is 2.10. The lowest BCUT2D eigenvalue weighted by molar-refractivity contribution is -0.0493. The molecule has 0 fully saturated rings. The standard InChI is InChI=1S/C14H16F2N4OS/c1-2-20-8-7-10(19-20)9-17-14(22)18-11-5-3-4-6-12(11)21-13(15)16/h3-8,13H,2,9H2,1H3,(H2,17,18,22). The van der Waals surface area contributed by atoms with Crippen LogP contribution >= 0.6 is 12.2 Å². The van der Waals surface area contributed by atoms with Crippen LogP contribution in [0.4, 0.5) is 14.5 Å². The van der Waals surface area contributed by atoms with Gasteiger partial charge in [0.15, 0.2) is 5.11 Å². The molecular formula is C14H16F2N4OS. The molecule has 118 valence electrons. The van der Waals surface area contributed by atoms with Crippen molar-refractivity contribution in [3.63, 3.8) is 0 Å². The van der Waals surface area contributed by atoms with Gasteiger partial charge in [-0.3, -0.25) is 4.68 Å². The van der Waals surface area contributed by atoms with Crippen molar-refractivity contribution in [2.24, 2.45) is 0 Å². The third-order valence-electron chi connectivity index (χ3n) is 2.80. The Hall–Kier alpha value is -2.22. The van der Waals surface area contributed by atoms with Gasteiger partial charge in [-0.2, -0.15) is 13.9 Å². The second-order valence-corrected chi connectivity index (χ2v) is 4.75. The number of hydrogen-bond acceptors (Lipinski definition) is 3. The van der Waals surface area contributed by atoms with Crippen LogP contribution in [0.5, 0.6) is 5.75 Å². The number of halogens is 2. The van der Waals surface area contributed by atoms with Crippen LogP contribution in [0.2, 0.25) is 0 Å². The fourth-order valence-electron chi connectivity index (χ4n) is 1.78. The first-order valence-electron chi connectivity index (χ1n) is 6.69. The van der Waals surface area contributed by atoms with Crippen LogP contribution in [0.25, 0.3) is 0 Å². The number of nitrogens with zero attached hydrogens (tertiary/aromatic N) is 2. The maximum absolute atomic E-state index is 12.3. The normalized spacial score (nSPS) is 10.5. The summed E-state index contributed by atoms with van der Waals surface area (Å²) in [5, 5.41) is 10.4. The zero-order valence-corrected chi connectivity index (χ0v) is 12.7. The van der Waals surface area contributed by atoms with E-state index in [-0.39, 0.29) is 5.75 Å². The predicted molar refractivity (Wildman–Crippen MR) is 84.0 cm³/mol. The van der Waals surface area contributed by atoms with Crippen LogP contribution in [-0.2, 0) is 13.1 Å². The zero-order valence-electron chi connectivity index (χ0n) is 11.9. The molecule has 0 aliphatic heterocycles. The lowest BCUT2D eigenvalue weighted by Crippen LogP contribution is -2.28. The minimum absolute atomic E-state index is 0.0388. The first-order valence-corrected chi connectivity index (χ1v) is 7.10. The summed E-state index contributed by atoms with van der Waals surface area (Å²) in [4.78, 5) is 0. The second-order valence-electron chi connectivity index (χ2n) is 4.35. The Morgan fingerprint density at radius 2 is 2.14 bits per heavy atom. The molecule has 0 spiro atoms. The SMILES string of the molecule is CCn1ccc(CNC(=S)Nc2ccccc2OC(F)F)n1. The van der Waals surface area contributed by atoms with Gasteiger partial charge < -0.3 is 15.4 Å². The zero-order chi connectivity index (χ0) is 15.9. The van der Waals surface area contributed by atoms with Gasteiger partial charge in [0.25, 0.3) is 0 Å². The lowest BCUT2D eigenvalue weighted by atomic mass is 10.3. The van der Waals surface area contributed by atoms with Crippen LogP contribution in [-0.4, -0.2) is 21.5 Å². The van der Waals surface area contributed by atoms with Gasteiger partial charge in [-0.1, -0.05) is 12.1 Å². The van der Waals surface area contributed by atoms with Crippen LogP contribution in [0.3, 0.4) is 0 Å². The molecule has 0 aliphatic rings. The van der Waals surface area contributed by atoms with Crippen molar-refractivity contribution in [1.82, 2.24) is 15.1 Å². The van der Waals surface area contributed by atoms with Crippen molar-refractivity contribution in [2.75, 3.05) is 5.32 Å². The van der Waals surface area contributed by atoms with E-state index in [9.17, 15) is 8.78 Å². The molecule has 2 N–H and O–H groups in total. The Morgan fingerprint density at radius 3 is 2.82 bits per heavy atom. The van der Waals surface area contributed by atoms with E-state index in [2.05, 4.69) is 20.5 Å². The van der Waals surface area contributed by atoms with Gasteiger partial charge >= 0.3 is 6.61 Å². The van der Waals surface area contributed by atoms with Crippen molar-refractivity contribution < 1.29 is 13.5 Å². The number of aryl methyl sites for hydroxylation is 1. The summed E-state index contributed by atoms with van der Waals surface area (Å²) in [5.74, 6) is 0.0388. The van der Waals surface area contributed by atoms with E-state index < -0.39 is 6.61 Å². The summed E-state index contributed by atoms with van der Waals surface area (Å²) in [6, 6.07) is 8.24. The van der Waals surface area contributed by atoms with Crippen molar-refractivity contribution in [3.05, 3.63) is 42.2 Å². The number of aromatic nitrogens is 2. The monoisotopic (exact) mass is 326 g/mol. The molecule has 22 heavy (non-hydrogen) atoms. The van der Waals surface area contributed by atoms with Crippen LogP contribution in [0, 0.1) is 0 Å². The van der Waals surface area contributed by atoms with Crippen LogP contribution in [0.15, 0.2) is 36.5 Å². The summed E-state index contributed by atoms with van der Waals surface area (Å²) in [5.41, 5.74) is 1.21. The summed E-state index contributed by atoms with van der Waals surface area (Å²) in [6.07, 6.45) is 1.87. The molecule has 0 saturated heterocycles. The van der Waals surface area contributed by atoms with Crippen LogP contribution < -0.4 is 15.4 Å². The van der Waals surface area contributed by atoms with E-state index in [4.69, 9.17) is 12.2 Å². The van der Waals surface area contributed by atoms with Gasteiger partial charge in [0.05, 0.1) is 17.9 Å². The summed E-state index contributed by atoms with van der Waals surface area (Å²) < 4.78 is 30.9. The number of hydrogen-bond donors (Lipinski definition) is 2. The minimum atomic E-state index is -2.89. The number of benzene rings is 1. The average molecular weight is 326 g/mol. The Bertz CT molecular complexity index is 633. The molecule has 1 aromatic heterocycles. The third-order valence-corrected chi connectivity index (χ3v) is 3.05. The maximum atomic E-state index is 12.3. The van der Waals surface area contributed by atoms with Gasteiger partial charge in [-0.05, 0) is 37.3 Å². The largest absolute Gasteiger partial charge is 0.433 e. The quantitative estimate of drug-likeness (QED) is 0.799. The van der Waals surface area contributed by atoms with Gasteiger partial charge in [0.2, 0.25) is 0 Å². The first kappa shape index (κ1) is 16.2. The van der Waals surface area contributed by atoms with Crippen molar-refractivity contribution in [2.45, 2.75) is 26.6 Å². The lowest BCUT2D eigenvalue weighted by Gasteiger charge is -2.13. The number of ether oxygens (including phenoxy) is 1. The Labute approximate surface area is 132 Å². The first-order chi connectivity index (χ1) is 10.6. The number of thiocarbonyl (C=S) groups is 1. The average Bonchev–Trinajstić information content (AvgIpc) is 2.95. The smallest absolute Gasteiger partial charge is 0.387 e. The van der Waals surface area contributed by atoms with Crippen molar-refractivity contribution in [1.29, 1.82) is 0 Å². The Morgan fingerprint density at radius 1 is 1.36 bits per heavy atom. The van der Waals surface area contributed by atoms with E-state index in [1.165, 1.54) is 6.07 Å². The second kappa shape index (κ2) is 7.69.